The minimum atomic E-state index is -1.13. The number of hydrogen-bond donors (Lipinski definition) is 1. The molecule has 2 aliphatic rings. The second-order valence-electron chi connectivity index (χ2n) is 8.96. The summed E-state index contributed by atoms with van der Waals surface area (Å²) in [6.07, 6.45) is 0. The van der Waals surface area contributed by atoms with Gasteiger partial charge in [0.25, 0.3) is 0 Å². The number of nitrogens with one attached hydrogen (secondary N) is 1. The van der Waals surface area contributed by atoms with Gasteiger partial charge in [0.15, 0.2) is 5.60 Å². The van der Waals surface area contributed by atoms with Crippen LogP contribution in [0.1, 0.15) is 32.6 Å². The number of carbonyl (C=O) groups excluding carboxylic acids is 1. The van der Waals surface area contributed by atoms with Crippen molar-refractivity contribution in [3.8, 4) is 11.5 Å². The van der Waals surface area contributed by atoms with E-state index in [-0.39, 0.29) is 5.97 Å². The van der Waals surface area contributed by atoms with Gasteiger partial charge in [-0.25, -0.2) is 4.79 Å². The molecule has 168 valence electrons. The number of anilines is 3. The fourth-order valence-corrected chi connectivity index (χ4v) is 4.89. The maximum atomic E-state index is 13.2. The van der Waals surface area contributed by atoms with Gasteiger partial charge in [0, 0.05) is 36.6 Å². The summed E-state index contributed by atoms with van der Waals surface area (Å²) in [5.74, 6) is 0.997. The number of carbonyl (C=O) groups is 1. The molecule has 1 unspecified atom stereocenters. The van der Waals surface area contributed by atoms with Crippen molar-refractivity contribution in [1.82, 2.24) is 0 Å². The Hall–Kier alpha value is -4.25. The highest BCUT2D eigenvalue weighted by Gasteiger charge is 2.54. The van der Waals surface area contributed by atoms with E-state index in [9.17, 15) is 4.79 Å². The lowest BCUT2D eigenvalue weighted by atomic mass is 9.76. The summed E-state index contributed by atoms with van der Waals surface area (Å²) in [6, 6.07) is 27.7. The Balaban J connectivity index is 1.64. The normalized spacial score (nSPS) is 17.3. The third-order valence-electron chi connectivity index (χ3n) is 6.56. The van der Waals surface area contributed by atoms with E-state index in [1.807, 2.05) is 85.7 Å². The third-order valence-corrected chi connectivity index (χ3v) is 6.56. The summed E-state index contributed by atoms with van der Waals surface area (Å²) in [5, 5.41) is 3.54. The molecule has 34 heavy (non-hydrogen) atoms. The summed E-state index contributed by atoms with van der Waals surface area (Å²) >= 11 is 0. The Labute approximate surface area is 198 Å². The topological polar surface area (TPSA) is 50.8 Å². The molecule has 0 amide bonds. The Morgan fingerprint density at radius 1 is 0.824 bits per heavy atom. The van der Waals surface area contributed by atoms with Crippen molar-refractivity contribution >= 4 is 23.0 Å². The molecular weight excluding hydrogens is 424 g/mol. The molecule has 0 saturated carbocycles. The van der Waals surface area contributed by atoms with Gasteiger partial charge in [0.05, 0.1) is 16.8 Å². The van der Waals surface area contributed by atoms with Crippen molar-refractivity contribution in [2.75, 3.05) is 24.3 Å². The van der Waals surface area contributed by atoms with Gasteiger partial charge in [0.2, 0.25) is 0 Å². The van der Waals surface area contributed by atoms with E-state index < -0.39 is 5.60 Å². The largest absolute Gasteiger partial charge is 0.456 e. The maximum absolute atomic E-state index is 13.2. The van der Waals surface area contributed by atoms with Crippen molar-refractivity contribution < 1.29 is 14.3 Å². The zero-order chi connectivity index (χ0) is 23.4. The molecular formula is C29H24N2O3. The quantitative estimate of drug-likeness (QED) is 0.369. The molecule has 0 aromatic heterocycles. The maximum Gasteiger partial charge on any atom is 0.340 e. The van der Waals surface area contributed by atoms with Gasteiger partial charge in [-0.05, 0) is 55.5 Å². The van der Waals surface area contributed by atoms with Crippen LogP contribution in [0.15, 0.2) is 84.9 Å². The number of hydrogen-bond acceptors (Lipinski definition) is 5. The highest BCUT2D eigenvalue weighted by Crippen LogP contribution is 2.58. The van der Waals surface area contributed by atoms with E-state index in [1.165, 1.54) is 5.56 Å². The summed E-state index contributed by atoms with van der Waals surface area (Å²) < 4.78 is 12.8. The number of aryl methyl sites for hydroxylation is 1. The van der Waals surface area contributed by atoms with Crippen molar-refractivity contribution in [3.05, 3.63) is 113 Å². The smallest absolute Gasteiger partial charge is 0.340 e. The fraction of sp³-hybridized carbons (Fsp3) is 0.138. The van der Waals surface area contributed by atoms with Crippen LogP contribution in [0.5, 0.6) is 11.5 Å². The monoisotopic (exact) mass is 448 g/mol. The standard InChI is InChI=1S/C29H24N2O3/c1-18-11-13-19(14-12-18)30-24-9-6-10-26-27(24)29(22-8-5-4-7-21(22)28(32)34-29)23-17-20(31(2)3)15-16-25(23)33-26/h4-17,30H,1-3H3. The van der Waals surface area contributed by atoms with Crippen molar-refractivity contribution in [2.24, 2.45) is 0 Å². The second-order valence-corrected chi connectivity index (χ2v) is 8.96. The molecule has 5 nitrogen and oxygen atoms in total. The Morgan fingerprint density at radius 2 is 1.62 bits per heavy atom. The van der Waals surface area contributed by atoms with Crippen LogP contribution in [0, 0.1) is 6.92 Å². The van der Waals surface area contributed by atoms with Gasteiger partial charge in [-0.15, -0.1) is 0 Å². The predicted octanol–water partition coefficient (Wildman–Crippen LogP) is 6.37. The third kappa shape index (κ3) is 2.90. The average molecular weight is 449 g/mol. The molecule has 0 saturated heterocycles. The molecule has 6 rings (SSSR count). The van der Waals surface area contributed by atoms with Crippen LogP contribution in [0.3, 0.4) is 0 Å². The van der Waals surface area contributed by atoms with E-state index in [0.717, 1.165) is 33.8 Å². The second kappa shape index (κ2) is 7.39. The number of nitrogens with zero attached hydrogens (tertiary/aromatic N) is 1. The SMILES string of the molecule is Cc1ccc(Nc2cccc3c2C2(OC(=O)c4ccccc42)c2cc(N(C)C)ccc2O3)cc1. The molecule has 1 N–H and O–H groups in total. The molecule has 4 aromatic carbocycles. The Kier molecular flexibility index (Phi) is 4.42. The van der Waals surface area contributed by atoms with Crippen LogP contribution in [0.2, 0.25) is 0 Å². The van der Waals surface area contributed by atoms with Crippen LogP contribution < -0.4 is 15.0 Å². The average Bonchev–Trinajstić information content (AvgIpc) is 3.13. The number of esters is 1. The first-order valence-corrected chi connectivity index (χ1v) is 11.3. The van der Waals surface area contributed by atoms with Crippen molar-refractivity contribution in [2.45, 2.75) is 12.5 Å². The van der Waals surface area contributed by atoms with Gasteiger partial charge >= 0.3 is 5.97 Å². The van der Waals surface area contributed by atoms with E-state index in [2.05, 4.69) is 30.4 Å². The van der Waals surface area contributed by atoms with Crippen LogP contribution in [-0.2, 0) is 10.3 Å². The first-order valence-electron chi connectivity index (χ1n) is 11.3. The van der Waals surface area contributed by atoms with E-state index >= 15 is 0 Å². The molecule has 4 aromatic rings. The predicted molar refractivity (Wildman–Crippen MR) is 133 cm³/mol. The molecule has 0 radical (unpaired) electrons. The zero-order valence-electron chi connectivity index (χ0n) is 19.3. The summed E-state index contributed by atoms with van der Waals surface area (Å²) in [4.78, 5) is 15.2. The van der Waals surface area contributed by atoms with Crippen LogP contribution in [0.4, 0.5) is 17.1 Å². The minimum Gasteiger partial charge on any atom is -0.456 e. The zero-order valence-corrected chi connectivity index (χ0v) is 19.3. The van der Waals surface area contributed by atoms with Crippen LogP contribution in [-0.4, -0.2) is 20.1 Å². The molecule has 0 aliphatic carbocycles. The molecule has 2 aliphatic heterocycles. The van der Waals surface area contributed by atoms with Gasteiger partial charge in [-0.2, -0.15) is 0 Å². The Bertz CT molecular complexity index is 1440. The van der Waals surface area contributed by atoms with E-state index in [0.29, 0.717) is 17.1 Å². The molecule has 1 atom stereocenters. The number of ether oxygens (including phenoxy) is 2. The first kappa shape index (κ1) is 20.4. The summed E-state index contributed by atoms with van der Waals surface area (Å²) in [7, 11) is 3.98. The van der Waals surface area contributed by atoms with E-state index in [4.69, 9.17) is 9.47 Å². The molecule has 0 fully saturated rings. The summed E-state index contributed by atoms with van der Waals surface area (Å²) in [6.45, 7) is 2.06. The first-order chi connectivity index (χ1) is 16.5. The molecule has 0 bridgehead atoms. The lowest BCUT2D eigenvalue weighted by molar-refractivity contribution is 0.0227. The minimum absolute atomic E-state index is 0.338. The molecule has 1 spiro atoms. The lowest BCUT2D eigenvalue weighted by Crippen LogP contribution is -2.34. The fourth-order valence-electron chi connectivity index (χ4n) is 4.89. The molecule has 2 heterocycles. The number of fused-ring (bicyclic) bond motifs is 6. The summed E-state index contributed by atoms with van der Waals surface area (Å²) in [5.41, 5.74) is 5.81. The van der Waals surface area contributed by atoms with Crippen LogP contribution >= 0.6 is 0 Å². The van der Waals surface area contributed by atoms with Gasteiger partial charge in [0.1, 0.15) is 11.5 Å². The number of benzene rings is 4. The van der Waals surface area contributed by atoms with Crippen LogP contribution in [0.25, 0.3) is 0 Å². The lowest BCUT2D eigenvalue weighted by Gasteiger charge is -2.38. The van der Waals surface area contributed by atoms with Gasteiger partial charge in [-0.3, -0.25) is 0 Å². The highest BCUT2D eigenvalue weighted by molar-refractivity contribution is 5.97. The van der Waals surface area contributed by atoms with Crippen molar-refractivity contribution in [1.29, 1.82) is 0 Å². The van der Waals surface area contributed by atoms with Gasteiger partial charge < -0.3 is 19.7 Å². The number of rotatable bonds is 3. The van der Waals surface area contributed by atoms with E-state index in [1.54, 1.807) is 0 Å². The Morgan fingerprint density at radius 3 is 2.41 bits per heavy atom. The van der Waals surface area contributed by atoms with Gasteiger partial charge in [-0.1, -0.05) is 42.0 Å². The highest BCUT2D eigenvalue weighted by atomic mass is 16.6. The van der Waals surface area contributed by atoms with Crippen molar-refractivity contribution in [3.63, 3.8) is 0 Å². The molecule has 5 heteroatoms.